The van der Waals surface area contributed by atoms with Gasteiger partial charge in [-0.05, 0) is 5.56 Å². The minimum atomic E-state index is -0.403. The van der Waals surface area contributed by atoms with Crippen molar-refractivity contribution in [3.05, 3.63) is 35.9 Å². The quantitative estimate of drug-likeness (QED) is 0.853. The molecule has 110 valence electrons. The first-order valence-electron chi connectivity index (χ1n) is 6.46. The third kappa shape index (κ3) is 4.51. The van der Waals surface area contributed by atoms with Gasteiger partial charge < -0.3 is 15.5 Å². The molecule has 2 rings (SSSR count). The highest BCUT2D eigenvalue weighted by Crippen LogP contribution is 2.06. The van der Waals surface area contributed by atoms with Gasteiger partial charge in [0.1, 0.15) is 0 Å². The van der Waals surface area contributed by atoms with Crippen LogP contribution in [0.1, 0.15) is 12.0 Å². The van der Waals surface area contributed by atoms with E-state index in [2.05, 4.69) is 10.6 Å². The summed E-state index contributed by atoms with van der Waals surface area (Å²) in [6.07, 6.45) is 0.204. The van der Waals surface area contributed by atoms with E-state index in [0.717, 1.165) is 5.56 Å². The molecular weight excluding hydrogens is 278 g/mol. The van der Waals surface area contributed by atoms with Gasteiger partial charge in [0.15, 0.2) is 0 Å². The Morgan fingerprint density at radius 3 is 2.65 bits per heavy atom. The van der Waals surface area contributed by atoms with E-state index in [4.69, 9.17) is 0 Å². The largest absolute Gasteiger partial charge is 0.353 e. The maximum atomic E-state index is 12.1. The molecule has 2 amide bonds. The van der Waals surface area contributed by atoms with Gasteiger partial charge in [-0.15, -0.1) is 12.4 Å². The van der Waals surface area contributed by atoms with E-state index < -0.39 is 6.04 Å². The molecule has 1 aromatic rings. The summed E-state index contributed by atoms with van der Waals surface area (Å²) in [4.78, 5) is 25.3. The molecule has 1 unspecified atom stereocenters. The predicted molar refractivity (Wildman–Crippen MR) is 79.6 cm³/mol. The molecule has 0 bridgehead atoms. The summed E-state index contributed by atoms with van der Waals surface area (Å²) < 4.78 is 0. The normalized spacial score (nSPS) is 17.9. The second-order valence-corrected chi connectivity index (χ2v) is 4.74. The van der Waals surface area contributed by atoms with E-state index in [1.54, 1.807) is 11.9 Å². The molecule has 2 N–H and O–H groups in total. The Morgan fingerprint density at radius 1 is 1.30 bits per heavy atom. The van der Waals surface area contributed by atoms with E-state index in [-0.39, 0.29) is 30.6 Å². The molecule has 1 saturated heterocycles. The van der Waals surface area contributed by atoms with Crippen molar-refractivity contribution in [1.29, 1.82) is 0 Å². The second kappa shape index (κ2) is 7.87. The number of hydrogen-bond donors (Lipinski definition) is 2. The molecule has 1 aliphatic heterocycles. The lowest BCUT2D eigenvalue weighted by Crippen LogP contribution is -2.54. The summed E-state index contributed by atoms with van der Waals surface area (Å²) in [7, 11) is 1.76. The van der Waals surface area contributed by atoms with Crippen molar-refractivity contribution in [2.24, 2.45) is 0 Å². The molecular formula is C14H20ClN3O2. The van der Waals surface area contributed by atoms with Crippen molar-refractivity contribution >= 4 is 24.2 Å². The van der Waals surface area contributed by atoms with Crippen LogP contribution >= 0.6 is 12.4 Å². The number of halogens is 1. The molecule has 1 aliphatic rings. The molecule has 1 fully saturated rings. The van der Waals surface area contributed by atoms with E-state index in [9.17, 15) is 9.59 Å². The van der Waals surface area contributed by atoms with Crippen LogP contribution in [0.3, 0.4) is 0 Å². The highest BCUT2D eigenvalue weighted by molar-refractivity contribution is 5.88. The third-order valence-corrected chi connectivity index (χ3v) is 3.20. The lowest BCUT2D eigenvalue weighted by atomic mass is 10.1. The monoisotopic (exact) mass is 297 g/mol. The van der Waals surface area contributed by atoms with E-state index in [1.807, 2.05) is 30.3 Å². The van der Waals surface area contributed by atoms with Crippen molar-refractivity contribution in [3.63, 3.8) is 0 Å². The van der Waals surface area contributed by atoms with Crippen LogP contribution < -0.4 is 10.6 Å². The molecule has 6 heteroatoms. The topological polar surface area (TPSA) is 61.4 Å². The number of benzene rings is 1. The Kier molecular flexibility index (Phi) is 6.48. The molecule has 0 saturated carbocycles. The third-order valence-electron chi connectivity index (χ3n) is 3.20. The number of carbonyl (C=O) groups is 2. The number of hydrogen-bond acceptors (Lipinski definition) is 3. The highest BCUT2D eigenvalue weighted by Gasteiger charge is 2.25. The first-order valence-corrected chi connectivity index (χ1v) is 6.46. The van der Waals surface area contributed by atoms with Gasteiger partial charge in [-0.1, -0.05) is 30.3 Å². The van der Waals surface area contributed by atoms with Crippen LogP contribution in [0.25, 0.3) is 0 Å². The molecule has 0 radical (unpaired) electrons. The lowest BCUT2D eigenvalue weighted by molar-refractivity contribution is -0.134. The van der Waals surface area contributed by atoms with Crippen LogP contribution in [0.4, 0.5) is 0 Å². The smallest absolute Gasteiger partial charge is 0.237 e. The number of piperazine rings is 1. The first-order chi connectivity index (χ1) is 9.16. The molecule has 0 spiro atoms. The van der Waals surface area contributed by atoms with Crippen molar-refractivity contribution in [2.75, 3.05) is 20.1 Å². The van der Waals surface area contributed by atoms with Crippen LogP contribution in [0.2, 0.25) is 0 Å². The lowest BCUT2D eigenvalue weighted by Gasteiger charge is -2.25. The fraction of sp³-hybridized carbons (Fsp3) is 0.429. The molecule has 20 heavy (non-hydrogen) atoms. The number of carbonyl (C=O) groups excluding carboxylic acids is 2. The SMILES string of the molecule is CN(Cc1ccccc1)C(=O)CC1NCCNC1=O.Cl. The summed E-state index contributed by atoms with van der Waals surface area (Å²) in [5.41, 5.74) is 1.08. The van der Waals surface area contributed by atoms with Crippen LogP contribution in [0.15, 0.2) is 30.3 Å². The maximum Gasteiger partial charge on any atom is 0.237 e. The van der Waals surface area contributed by atoms with Gasteiger partial charge in [-0.3, -0.25) is 9.59 Å². The Labute approximate surface area is 125 Å². The van der Waals surface area contributed by atoms with Gasteiger partial charge in [0.2, 0.25) is 11.8 Å². The van der Waals surface area contributed by atoms with Crippen LogP contribution in [0.5, 0.6) is 0 Å². The van der Waals surface area contributed by atoms with Gasteiger partial charge in [0.05, 0.1) is 12.5 Å². The molecule has 1 atom stereocenters. The Bertz CT molecular complexity index is 453. The second-order valence-electron chi connectivity index (χ2n) is 4.74. The van der Waals surface area contributed by atoms with E-state index in [0.29, 0.717) is 19.6 Å². The summed E-state index contributed by atoms with van der Waals surface area (Å²) in [5, 5.41) is 5.81. The fourth-order valence-corrected chi connectivity index (χ4v) is 2.09. The van der Waals surface area contributed by atoms with E-state index in [1.165, 1.54) is 0 Å². The van der Waals surface area contributed by atoms with Crippen LogP contribution in [0, 0.1) is 0 Å². The van der Waals surface area contributed by atoms with Gasteiger partial charge in [0.25, 0.3) is 0 Å². The fourth-order valence-electron chi connectivity index (χ4n) is 2.09. The zero-order valence-corrected chi connectivity index (χ0v) is 12.3. The number of amides is 2. The number of nitrogens with one attached hydrogen (secondary N) is 2. The molecule has 1 heterocycles. The molecule has 0 aliphatic carbocycles. The summed E-state index contributed by atoms with van der Waals surface area (Å²) >= 11 is 0. The summed E-state index contributed by atoms with van der Waals surface area (Å²) in [5.74, 6) is -0.119. The summed E-state index contributed by atoms with van der Waals surface area (Å²) in [6.45, 7) is 1.91. The molecule has 5 nitrogen and oxygen atoms in total. The zero-order chi connectivity index (χ0) is 13.7. The molecule has 1 aromatic carbocycles. The minimum absolute atomic E-state index is 0. The average Bonchev–Trinajstić information content (AvgIpc) is 2.42. The Hall–Kier alpha value is -1.59. The summed E-state index contributed by atoms with van der Waals surface area (Å²) in [6, 6.07) is 9.40. The first kappa shape index (κ1) is 16.5. The van der Waals surface area contributed by atoms with Crippen molar-refractivity contribution in [3.8, 4) is 0 Å². The number of nitrogens with zero attached hydrogens (tertiary/aromatic N) is 1. The van der Waals surface area contributed by atoms with Gasteiger partial charge in [-0.2, -0.15) is 0 Å². The van der Waals surface area contributed by atoms with Crippen molar-refractivity contribution < 1.29 is 9.59 Å². The van der Waals surface area contributed by atoms with E-state index >= 15 is 0 Å². The number of rotatable bonds is 4. The molecule has 0 aromatic heterocycles. The Morgan fingerprint density at radius 2 is 2.00 bits per heavy atom. The van der Waals surface area contributed by atoms with Crippen molar-refractivity contribution in [1.82, 2.24) is 15.5 Å². The average molecular weight is 298 g/mol. The predicted octanol–water partition coefficient (Wildman–Crippen LogP) is 0.545. The zero-order valence-electron chi connectivity index (χ0n) is 11.5. The van der Waals surface area contributed by atoms with Gasteiger partial charge in [0, 0.05) is 26.7 Å². The highest BCUT2D eigenvalue weighted by atomic mass is 35.5. The maximum absolute atomic E-state index is 12.1. The van der Waals surface area contributed by atoms with Gasteiger partial charge in [-0.25, -0.2) is 0 Å². The Balaban J connectivity index is 0.00000200. The van der Waals surface area contributed by atoms with Gasteiger partial charge >= 0.3 is 0 Å². The van der Waals surface area contributed by atoms with Crippen molar-refractivity contribution in [2.45, 2.75) is 19.0 Å². The van der Waals surface area contributed by atoms with Crippen LogP contribution in [-0.4, -0.2) is 42.9 Å². The minimum Gasteiger partial charge on any atom is -0.353 e. The standard InChI is InChI=1S/C14H19N3O2.ClH/c1-17(10-11-5-3-2-4-6-11)13(18)9-12-14(19)16-8-7-15-12;/h2-6,12,15H,7-10H2,1H3,(H,16,19);1H. The van der Waals surface area contributed by atoms with Crippen LogP contribution in [-0.2, 0) is 16.1 Å².